The van der Waals surface area contributed by atoms with E-state index in [9.17, 15) is 52.5 Å². The summed E-state index contributed by atoms with van der Waals surface area (Å²) >= 11 is 4.08. The molecule has 118 valence electrons. The Kier molecular flexibility index (Phi) is 7.24. The smallest absolute Gasteiger partial charge is 0.460 e. The molecule has 0 spiro atoms. The normalized spacial score (nSPS) is 14.7. The lowest BCUT2D eigenvalue weighted by molar-refractivity contribution is -0.382. The van der Waals surface area contributed by atoms with Crippen LogP contribution < -0.4 is 18.6 Å². The van der Waals surface area contributed by atoms with E-state index in [4.69, 9.17) is 0 Å². The number of alkyl halides is 9. The van der Waals surface area contributed by atoms with Gasteiger partial charge in [0.2, 0.25) is 0 Å². The van der Waals surface area contributed by atoms with Crippen LogP contribution in [-0.4, -0.2) is 36.2 Å². The van der Waals surface area contributed by atoms with Crippen LogP contribution in [0, 0.1) is 0 Å². The van der Waals surface area contributed by atoms with Crippen molar-refractivity contribution in [1.82, 2.24) is 0 Å². The summed E-state index contributed by atoms with van der Waals surface area (Å²) < 4.78 is 135. The van der Waals surface area contributed by atoms with E-state index in [1.54, 1.807) is 0 Å². The summed E-state index contributed by atoms with van der Waals surface area (Å²) in [6.07, 6.45) is -7.16. The zero-order chi connectivity index (χ0) is 16.5. The van der Waals surface area contributed by atoms with Gasteiger partial charge in [-0.2, -0.15) is 39.5 Å². The van der Waals surface area contributed by atoms with Crippen molar-refractivity contribution in [3.63, 3.8) is 0 Å². The van der Waals surface area contributed by atoms with Crippen LogP contribution in [0.25, 0.3) is 0 Å². The molecule has 0 aliphatic heterocycles. The molecule has 0 radical (unpaired) electrons. The Morgan fingerprint density at radius 1 is 0.789 bits per heavy atom. The topological polar surface area (TPSA) is 57.2 Å². The molecular weight excluding hydrogens is 553 g/mol. The van der Waals surface area contributed by atoms with Crippen molar-refractivity contribution in [2.24, 2.45) is 0 Å². The van der Waals surface area contributed by atoms with Gasteiger partial charge < -0.3 is 4.55 Å². The van der Waals surface area contributed by atoms with Gasteiger partial charge >= 0.3 is 41.9 Å². The Labute approximate surface area is 123 Å². The second-order valence-corrected chi connectivity index (χ2v) is 4.04. The SMILES string of the molecule is I[IH+].O=S(=O)([O-])C(F)(F)C(F)(F)C(F)(F)C(F)(F)F. The van der Waals surface area contributed by atoms with Gasteiger partial charge in [0.05, 0.1) is 0 Å². The molecule has 0 aliphatic carbocycles. The lowest BCUT2D eigenvalue weighted by Gasteiger charge is -2.34. The quantitative estimate of drug-likeness (QED) is 0.271. The van der Waals surface area contributed by atoms with E-state index in [1.165, 1.54) is 0 Å². The fraction of sp³-hybridized carbons (Fsp3) is 1.00. The van der Waals surface area contributed by atoms with Crippen molar-refractivity contribution in [3.05, 3.63) is 0 Å². The number of halogens is 11. The van der Waals surface area contributed by atoms with Gasteiger partial charge in [-0.3, -0.25) is 0 Å². The first-order chi connectivity index (χ1) is 8.00. The molecule has 0 bridgehead atoms. The second-order valence-electron chi connectivity index (χ2n) is 2.62. The molecule has 0 heterocycles. The van der Waals surface area contributed by atoms with Gasteiger partial charge in [0.1, 0.15) is 0 Å². The molecule has 0 amide bonds. The van der Waals surface area contributed by atoms with E-state index in [0.29, 0.717) is 0 Å². The summed E-state index contributed by atoms with van der Waals surface area (Å²) in [6.45, 7) is 0. The van der Waals surface area contributed by atoms with E-state index in [1.807, 2.05) is 18.6 Å². The molecule has 0 atom stereocenters. The fourth-order valence-corrected chi connectivity index (χ4v) is 0.960. The van der Waals surface area contributed by atoms with Gasteiger partial charge in [-0.1, -0.05) is 0 Å². The molecule has 0 rings (SSSR count). The van der Waals surface area contributed by atoms with Crippen molar-refractivity contribution in [1.29, 1.82) is 0 Å². The minimum atomic E-state index is -7.43. The molecule has 0 saturated heterocycles. The molecule has 0 N–H and O–H groups in total. The Hall–Kier alpha value is 0.740. The summed E-state index contributed by atoms with van der Waals surface area (Å²) in [4.78, 5) is 0. The van der Waals surface area contributed by atoms with E-state index < -0.39 is 33.4 Å². The lowest BCUT2D eigenvalue weighted by Crippen LogP contribution is -3.24. The maximum Gasteiger partial charge on any atom is 0.460 e. The van der Waals surface area contributed by atoms with Crippen LogP contribution in [-0.2, 0) is 10.1 Å². The summed E-state index contributed by atoms with van der Waals surface area (Å²) in [6, 6.07) is 0. The zero-order valence-corrected chi connectivity index (χ0v) is 13.1. The standard InChI is InChI=1S/C4HF9O3S.HI2/c5-1(6,3(9,10)11)2(7,8)4(12,13)17(14,15)16;1-2/h(H,14,15,16);1H/q;+1/p-1. The van der Waals surface area contributed by atoms with Gasteiger partial charge in [0.15, 0.2) is 10.1 Å². The van der Waals surface area contributed by atoms with Crippen molar-refractivity contribution >= 4 is 28.7 Å². The molecule has 15 heteroatoms. The first-order valence-corrected chi connectivity index (χ1v) is 11.5. The summed E-state index contributed by atoms with van der Waals surface area (Å²) in [7, 11) is -7.42. The van der Waals surface area contributed by atoms with Crippen molar-refractivity contribution < 1.29 is 71.1 Å². The summed E-state index contributed by atoms with van der Waals surface area (Å²) in [5.74, 6) is -14.8. The molecule has 0 aliphatic rings. The van der Waals surface area contributed by atoms with E-state index in [-0.39, 0.29) is 0 Å². The Morgan fingerprint density at radius 3 is 1.21 bits per heavy atom. The highest BCUT2D eigenvalue weighted by Gasteiger charge is 2.83. The average molecular weight is 554 g/mol. The van der Waals surface area contributed by atoms with Gasteiger partial charge in [-0.15, -0.1) is 0 Å². The summed E-state index contributed by atoms with van der Waals surface area (Å²) in [5.41, 5.74) is 0. The van der Waals surface area contributed by atoms with Crippen LogP contribution in [0.1, 0.15) is 0 Å². The largest absolute Gasteiger partial charge is 0.743 e. The minimum Gasteiger partial charge on any atom is -0.743 e. The first kappa shape index (κ1) is 22.0. The van der Waals surface area contributed by atoms with Crippen LogP contribution in [0.3, 0.4) is 0 Å². The Balaban J connectivity index is 0. The zero-order valence-electron chi connectivity index (χ0n) is 7.82. The maximum atomic E-state index is 12.2. The fourth-order valence-electron chi connectivity index (χ4n) is 0.518. The van der Waals surface area contributed by atoms with E-state index in [2.05, 4.69) is 18.6 Å². The predicted octanol–water partition coefficient (Wildman–Crippen LogP) is -0.421. The Morgan fingerprint density at radius 2 is 1.05 bits per heavy atom. The van der Waals surface area contributed by atoms with Gasteiger partial charge in [-0.25, -0.2) is 8.42 Å². The van der Waals surface area contributed by atoms with Crippen molar-refractivity contribution in [3.8, 4) is 0 Å². The molecule has 3 nitrogen and oxygen atoms in total. The van der Waals surface area contributed by atoms with Gasteiger partial charge in [-0.05, 0) is 0 Å². The lowest BCUT2D eigenvalue weighted by atomic mass is 10.1. The molecule has 0 aromatic carbocycles. The van der Waals surface area contributed by atoms with E-state index in [0.717, 1.165) is 0 Å². The van der Waals surface area contributed by atoms with Crippen LogP contribution in [0.2, 0.25) is 0 Å². The molecule has 0 fully saturated rings. The van der Waals surface area contributed by atoms with E-state index >= 15 is 0 Å². The third-order valence-corrected chi connectivity index (χ3v) is 2.31. The predicted molar refractivity (Wildman–Crippen MR) is 46.0 cm³/mol. The molecule has 0 saturated carbocycles. The molecule has 19 heavy (non-hydrogen) atoms. The van der Waals surface area contributed by atoms with Crippen LogP contribution >= 0.6 is 18.6 Å². The minimum absolute atomic E-state index is 1.92. The Bertz CT molecular complexity index is 402. The number of hydrogen-bond donors (Lipinski definition) is 0. The monoisotopic (exact) mass is 554 g/mol. The summed E-state index contributed by atoms with van der Waals surface area (Å²) in [5, 5.41) is -7.11. The highest BCUT2D eigenvalue weighted by Crippen LogP contribution is 2.54. The molecule has 0 unspecified atom stereocenters. The maximum absolute atomic E-state index is 12.2. The van der Waals surface area contributed by atoms with Crippen LogP contribution in [0.15, 0.2) is 0 Å². The average Bonchev–Trinajstić information content (AvgIpc) is 2.16. The van der Waals surface area contributed by atoms with Gasteiger partial charge in [0, 0.05) is 0 Å². The molecule has 0 aromatic rings. The number of hydrogen-bond acceptors (Lipinski definition) is 3. The highest BCUT2D eigenvalue weighted by molar-refractivity contribution is 14.1. The van der Waals surface area contributed by atoms with Crippen LogP contribution in [0.4, 0.5) is 39.5 Å². The second kappa shape index (κ2) is 6.24. The number of rotatable bonds is 3. The van der Waals surface area contributed by atoms with Crippen LogP contribution in [0.5, 0.6) is 0 Å². The molecule has 0 aromatic heterocycles. The first-order valence-electron chi connectivity index (χ1n) is 3.31. The van der Waals surface area contributed by atoms with Crippen molar-refractivity contribution in [2.45, 2.75) is 23.3 Å². The third kappa shape index (κ3) is 3.89. The van der Waals surface area contributed by atoms with Gasteiger partial charge in [0.25, 0.3) is 18.6 Å². The molecular formula is C4HF9I2O3S. The van der Waals surface area contributed by atoms with Crippen molar-refractivity contribution in [2.75, 3.05) is 0 Å². The highest BCUT2D eigenvalue weighted by atomic mass is 128. The third-order valence-electron chi connectivity index (χ3n) is 1.43.